The zero-order valence-corrected chi connectivity index (χ0v) is 19.6. The molecule has 0 spiro atoms. The molecule has 2 aliphatic rings. The van der Waals surface area contributed by atoms with Crippen LogP contribution in [-0.4, -0.2) is 71.1 Å². The van der Waals surface area contributed by atoms with Crippen LogP contribution in [0.3, 0.4) is 0 Å². The van der Waals surface area contributed by atoms with Gasteiger partial charge < -0.3 is 19.1 Å². The van der Waals surface area contributed by atoms with Crippen LogP contribution in [0, 0.1) is 10.1 Å². The topological polar surface area (TPSA) is 131 Å². The molecule has 0 N–H and O–H groups in total. The Hall–Kier alpha value is -3.41. The van der Waals surface area contributed by atoms with Gasteiger partial charge in [0.2, 0.25) is 0 Å². The quantitative estimate of drug-likeness (QED) is 0.397. The third-order valence-corrected chi connectivity index (χ3v) is 6.32. The third-order valence-electron chi connectivity index (χ3n) is 6.32. The molecule has 1 unspecified atom stereocenters. The second-order valence-electron chi connectivity index (χ2n) is 8.53. The van der Waals surface area contributed by atoms with Gasteiger partial charge in [0.25, 0.3) is 11.6 Å². The lowest BCUT2D eigenvalue weighted by Gasteiger charge is -2.32. The fourth-order valence-corrected chi connectivity index (χ4v) is 4.45. The summed E-state index contributed by atoms with van der Waals surface area (Å²) in [6.07, 6.45) is 3.32. The van der Waals surface area contributed by atoms with Crippen molar-refractivity contribution in [2.75, 3.05) is 41.0 Å². The van der Waals surface area contributed by atoms with Crippen LogP contribution in [0.1, 0.15) is 53.8 Å². The van der Waals surface area contributed by atoms with Gasteiger partial charge in [-0.05, 0) is 25.7 Å². The number of methoxy groups -OCH3 is 3. The lowest BCUT2D eigenvalue weighted by molar-refractivity contribution is -0.385. The van der Waals surface area contributed by atoms with Crippen LogP contribution in [0.5, 0.6) is 11.5 Å². The largest absolute Gasteiger partial charge is 0.493 e. The molecule has 0 radical (unpaired) electrons. The Morgan fingerprint density at radius 2 is 1.88 bits per heavy atom. The number of benzene rings is 1. The van der Waals surface area contributed by atoms with Crippen LogP contribution in [0.2, 0.25) is 0 Å². The maximum Gasteiger partial charge on any atom is 0.346 e. The molecule has 1 aliphatic heterocycles. The van der Waals surface area contributed by atoms with Crippen molar-refractivity contribution in [2.45, 2.75) is 44.2 Å². The Balaban J connectivity index is 1.64. The zero-order chi connectivity index (χ0) is 24.4. The molecule has 2 aromatic rings. The highest BCUT2D eigenvalue weighted by atomic mass is 16.6. The summed E-state index contributed by atoms with van der Waals surface area (Å²) in [7, 11) is 4.36. The first-order valence-electron chi connectivity index (χ1n) is 11.3. The molecule has 2 heterocycles. The molecule has 0 bridgehead atoms. The minimum atomic E-state index is -0.598. The van der Waals surface area contributed by atoms with Crippen molar-refractivity contribution in [3.63, 3.8) is 0 Å². The minimum Gasteiger partial charge on any atom is -0.493 e. The molecule has 1 atom stereocenters. The number of nitro groups is 1. The van der Waals surface area contributed by atoms with E-state index in [2.05, 4.69) is 5.10 Å². The van der Waals surface area contributed by atoms with E-state index in [0.29, 0.717) is 38.5 Å². The molecule has 1 aromatic carbocycles. The normalized spacial score (nSPS) is 18.1. The summed E-state index contributed by atoms with van der Waals surface area (Å²) in [6, 6.07) is 2.69. The van der Waals surface area contributed by atoms with E-state index in [9.17, 15) is 19.7 Å². The standard InChI is InChI=1S/C22H29N5O7/c1-32-10-9-25-22(29)26(15-6-7-15)20(23-25)14-5-4-8-24(13-14)21(28)16-11-18(33-2)19(34-3)12-17(16)27(30)31/h11-12,14-15H,4-10,13H2,1-3H3. The maximum absolute atomic E-state index is 13.4. The number of likely N-dealkylation sites (tertiary alicyclic amines) is 1. The van der Waals surface area contributed by atoms with Gasteiger partial charge in [0.15, 0.2) is 11.5 Å². The second-order valence-corrected chi connectivity index (χ2v) is 8.53. The summed E-state index contributed by atoms with van der Waals surface area (Å²) in [5, 5.41) is 16.3. The molecule has 4 rings (SSSR count). The highest BCUT2D eigenvalue weighted by Crippen LogP contribution is 2.38. The fourth-order valence-electron chi connectivity index (χ4n) is 4.45. The second kappa shape index (κ2) is 9.84. The molecule has 1 saturated heterocycles. The molecular weight excluding hydrogens is 446 g/mol. The molecule has 34 heavy (non-hydrogen) atoms. The number of carbonyl (C=O) groups is 1. The Morgan fingerprint density at radius 1 is 1.18 bits per heavy atom. The molecular formula is C22H29N5O7. The van der Waals surface area contributed by atoms with Crippen LogP contribution in [0.25, 0.3) is 0 Å². The van der Waals surface area contributed by atoms with E-state index in [1.165, 1.54) is 31.0 Å². The number of amides is 1. The highest BCUT2D eigenvalue weighted by molar-refractivity contribution is 5.99. The van der Waals surface area contributed by atoms with E-state index in [-0.39, 0.29) is 40.4 Å². The molecule has 1 aliphatic carbocycles. The average Bonchev–Trinajstić information content (AvgIpc) is 3.64. The Bertz CT molecular complexity index is 1140. The van der Waals surface area contributed by atoms with Crippen molar-refractivity contribution >= 4 is 11.6 Å². The Morgan fingerprint density at radius 3 is 2.50 bits per heavy atom. The summed E-state index contributed by atoms with van der Waals surface area (Å²) >= 11 is 0. The summed E-state index contributed by atoms with van der Waals surface area (Å²) in [6.45, 7) is 1.51. The van der Waals surface area contributed by atoms with Crippen LogP contribution in [-0.2, 0) is 11.3 Å². The SMILES string of the molecule is COCCn1nc(C2CCCN(C(=O)c3cc(OC)c(OC)cc3[N+](=O)[O-])C2)n(C2CC2)c1=O. The van der Waals surface area contributed by atoms with E-state index < -0.39 is 10.8 Å². The van der Waals surface area contributed by atoms with Crippen LogP contribution < -0.4 is 15.2 Å². The van der Waals surface area contributed by atoms with Gasteiger partial charge in [0.1, 0.15) is 11.4 Å². The average molecular weight is 476 g/mol. The van der Waals surface area contributed by atoms with Gasteiger partial charge in [-0.25, -0.2) is 9.48 Å². The lowest BCUT2D eigenvalue weighted by atomic mass is 9.96. The first-order chi connectivity index (χ1) is 16.4. The van der Waals surface area contributed by atoms with Crippen molar-refractivity contribution in [2.24, 2.45) is 0 Å². The van der Waals surface area contributed by atoms with Crippen molar-refractivity contribution in [1.82, 2.24) is 19.2 Å². The number of nitro benzene ring substituents is 1. The monoisotopic (exact) mass is 475 g/mol. The van der Waals surface area contributed by atoms with Gasteiger partial charge >= 0.3 is 5.69 Å². The third kappa shape index (κ3) is 4.49. The fraction of sp³-hybridized carbons (Fsp3) is 0.591. The number of nitrogens with zero attached hydrogens (tertiary/aromatic N) is 5. The predicted octanol–water partition coefficient (Wildman–Crippen LogP) is 1.97. The summed E-state index contributed by atoms with van der Waals surface area (Å²) < 4.78 is 18.7. The van der Waals surface area contributed by atoms with Crippen molar-refractivity contribution in [1.29, 1.82) is 0 Å². The number of rotatable bonds is 9. The van der Waals surface area contributed by atoms with E-state index in [4.69, 9.17) is 14.2 Å². The van der Waals surface area contributed by atoms with Gasteiger partial charge in [-0.3, -0.25) is 19.5 Å². The van der Waals surface area contributed by atoms with Crippen molar-refractivity contribution < 1.29 is 23.9 Å². The predicted molar refractivity (Wildman–Crippen MR) is 121 cm³/mol. The van der Waals surface area contributed by atoms with E-state index in [0.717, 1.165) is 19.3 Å². The smallest absolute Gasteiger partial charge is 0.346 e. The van der Waals surface area contributed by atoms with Gasteiger partial charge in [-0.1, -0.05) is 0 Å². The molecule has 1 aromatic heterocycles. The Labute approximate surface area is 196 Å². The molecule has 12 heteroatoms. The number of hydrogen-bond donors (Lipinski definition) is 0. The van der Waals surface area contributed by atoms with Gasteiger partial charge in [-0.15, -0.1) is 0 Å². The van der Waals surface area contributed by atoms with Gasteiger partial charge in [-0.2, -0.15) is 5.10 Å². The zero-order valence-electron chi connectivity index (χ0n) is 19.6. The van der Waals surface area contributed by atoms with Crippen molar-refractivity contribution in [3.8, 4) is 11.5 Å². The summed E-state index contributed by atoms with van der Waals surface area (Å²) in [5.41, 5.74) is -0.564. The number of carbonyl (C=O) groups excluding carboxylic acids is 1. The lowest BCUT2D eigenvalue weighted by Crippen LogP contribution is -2.40. The first kappa shape index (κ1) is 23.7. The minimum absolute atomic E-state index is 0.0616. The van der Waals surface area contributed by atoms with E-state index >= 15 is 0 Å². The van der Waals surface area contributed by atoms with E-state index in [1.54, 1.807) is 16.6 Å². The van der Waals surface area contributed by atoms with Crippen LogP contribution in [0.4, 0.5) is 5.69 Å². The molecule has 12 nitrogen and oxygen atoms in total. The molecule has 184 valence electrons. The van der Waals surface area contributed by atoms with Gasteiger partial charge in [0, 0.05) is 38.2 Å². The molecule has 1 saturated carbocycles. The maximum atomic E-state index is 13.4. The summed E-state index contributed by atoms with van der Waals surface area (Å²) in [5.74, 6) is 0.482. The Kier molecular flexibility index (Phi) is 6.87. The summed E-state index contributed by atoms with van der Waals surface area (Å²) in [4.78, 5) is 39.1. The van der Waals surface area contributed by atoms with Gasteiger partial charge in [0.05, 0.1) is 38.4 Å². The highest BCUT2D eigenvalue weighted by Gasteiger charge is 2.36. The number of ether oxygens (including phenoxy) is 3. The van der Waals surface area contributed by atoms with Crippen molar-refractivity contribution in [3.05, 3.63) is 44.1 Å². The van der Waals surface area contributed by atoms with Crippen LogP contribution >= 0.6 is 0 Å². The number of aromatic nitrogens is 3. The first-order valence-corrected chi connectivity index (χ1v) is 11.3. The number of hydrogen-bond acceptors (Lipinski definition) is 8. The molecule has 1 amide bonds. The number of piperidine rings is 1. The van der Waals surface area contributed by atoms with E-state index in [1.807, 2.05) is 0 Å². The van der Waals surface area contributed by atoms with Crippen LogP contribution in [0.15, 0.2) is 16.9 Å². The molecule has 2 fully saturated rings.